The van der Waals surface area contributed by atoms with Gasteiger partial charge in [0.1, 0.15) is 30.2 Å². The maximum absolute atomic E-state index is 14.4. The first-order valence-corrected chi connectivity index (χ1v) is 24.4. The van der Waals surface area contributed by atoms with Crippen molar-refractivity contribution in [1.82, 2.24) is 39.8 Å². The quantitative estimate of drug-likeness (QED) is 0.0836. The number of nitrogens with one attached hydrogen (secondary N) is 3. The van der Waals surface area contributed by atoms with Crippen LogP contribution in [0, 0.1) is 17.6 Å². The molecule has 75 heavy (non-hydrogen) atoms. The van der Waals surface area contributed by atoms with Gasteiger partial charge in [0.25, 0.3) is 0 Å². The Bertz CT molecular complexity index is 2760. The van der Waals surface area contributed by atoms with Gasteiger partial charge in [-0.25, -0.2) is 23.2 Å². The molecule has 4 aliphatic heterocycles. The molecule has 408 valence electrons. The van der Waals surface area contributed by atoms with Gasteiger partial charge in [-0.3, -0.25) is 48.0 Å². The van der Waals surface area contributed by atoms with Crippen molar-refractivity contribution >= 4 is 64.4 Å². The summed E-state index contributed by atoms with van der Waals surface area (Å²) in [5.74, 6) is -9.04. The number of amides is 8. The highest BCUT2D eigenvalue weighted by molar-refractivity contribution is 6.00. The van der Waals surface area contributed by atoms with Crippen LogP contribution in [0.5, 0.6) is 0 Å². The van der Waals surface area contributed by atoms with E-state index >= 15 is 0 Å². The van der Waals surface area contributed by atoms with E-state index in [1.807, 2.05) is 18.2 Å². The molecule has 7 rings (SSSR count). The number of piperidine rings is 2. The number of hydrogen-bond donors (Lipinski definition) is 7. The van der Waals surface area contributed by atoms with Gasteiger partial charge < -0.3 is 47.0 Å². The lowest BCUT2D eigenvalue weighted by Gasteiger charge is -2.37. The summed E-state index contributed by atoms with van der Waals surface area (Å²) < 4.78 is 63.0. The third-order valence-corrected chi connectivity index (χ3v) is 14.1. The molecular formula is C48H59F5N10O12. The molecule has 4 saturated heterocycles. The molecule has 0 bridgehead atoms. The highest BCUT2D eigenvalue weighted by Gasteiger charge is 2.45. The number of alkyl halides is 3. The summed E-state index contributed by atoms with van der Waals surface area (Å²) in [4.78, 5) is 130. The number of imidazole rings is 1. The lowest BCUT2D eigenvalue weighted by molar-refractivity contribution is -0.192. The van der Waals surface area contributed by atoms with Gasteiger partial charge in [-0.05, 0) is 106 Å². The van der Waals surface area contributed by atoms with E-state index < -0.39 is 102 Å². The Hall–Kier alpha value is -7.45. The highest BCUT2D eigenvalue weighted by atomic mass is 19.4. The van der Waals surface area contributed by atoms with E-state index in [1.165, 1.54) is 20.1 Å². The number of carboxylic acid groups (broad SMARTS) is 2. The van der Waals surface area contributed by atoms with Crippen molar-refractivity contribution in [3.8, 4) is 0 Å². The number of primary amides is 1. The number of carbonyl (C=O) groups excluding carboxylic acids is 7. The normalized spacial score (nSPS) is 21.2. The van der Waals surface area contributed by atoms with Gasteiger partial charge in [0.2, 0.25) is 41.4 Å². The zero-order valence-corrected chi connectivity index (χ0v) is 40.8. The molecule has 4 fully saturated rings. The van der Waals surface area contributed by atoms with Crippen molar-refractivity contribution < 1.29 is 75.3 Å². The Morgan fingerprint density at radius 2 is 1.49 bits per heavy atom. The molecule has 27 heteroatoms. The largest absolute Gasteiger partial charge is 0.490 e. The van der Waals surface area contributed by atoms with Crippen LogP contribution in [0.3, 0.4) is 0 Å². The smallest absolute Gasteiger partial charge is 0.475 e. The molecule has 0 spiro atoms. The number of carboxylic acids is 1. The lowest BCUT2D eigenvalue weighted by atomic mass is 9.90. The number of aromatic nitrogens is 2. The van der Waals surface area contributed by atoms with Crippen LogP contribution < -0.4 is 33.1 Å². The molecule has 6 atom stereocenters. The second-order valence-corrected chi connectivity index (χ2v) is 19.2. The molecule has 3 unspecified atom stereocenters. The second kappa shape index (κ2) is 24.3. The van der Waals surface area contributed by atoms with E-state index in [2.05, 4.69) is 16.0 Å². The number of halogens is 5. The second-order valence-electron chi connectivity index (χ2n) is 19.2. The maximum atomic E-state index is 14.4. The van der Waals surface area contributed by atoms with Crippen LogP contribution in [0.1, 0.15) is 87.8 Å². The standard InChI is InChI=1S/C46H58F2N10O10.C2HF3O2/c1-54-37-23-26(6-10-34(37)58(45(54)66)36-12-14-39(60)53-42(36)63)4-2-3-25-15-18-55(19-16-25)44(65)33(22-27-5-8-29(47)30(48)21-27)52-40(61)32(9-13-38(50)59)51-41(62)35-11-7-28-17-20-56(46(67)68)24-31(49)43(64)57(28)35;3-2(4,5)1(6)7/h5-6,8,10,21,23,25,28,31-33,35-36H,2-4,7,9,11-20,22,24,49H2,1H3,(H2,50,59)(H,51,62)(H,52,61)(H,67,68)(H,53,60,63);(H,6,7)/t28-,31+,32?,33?,35+,36?;/m1./s1. The first-order chi connectivity index (χ1) is 35.3. The summed E-state index contributed by atoms with van der Waals surface area (Å²) in [5, 5.41) is 24.3. The number of benzene rings is 2. The van der Waals surface area contributed by atoms with Gasteiger partial charge in [-0.1, -0.05) is 12.1 Å². The van der Waals surface area contributed by atoms with Crippen molar-refractivity contribution in [2.45, 2.75) is 126 Å². The van der Waals surface area contributed by atoms with Crippen LogP contribution in [-0.4, -0.2) is 150 Å². The predicted octanol–water partition coefficient (Wildman–Crippen LogP) is 1.34. The third kappa shape index (κ3) is 14.0. The Morgan fingerprint density at radius 1 is 0.827 bits per heavy atom. The van der Waals surface area contributed by atoms with Crippen LogP contribution in [-0.2, 0) is 58.2 Å². The van der Waals surface area contributed by atoms with E-state index in [-0.39, 0.29) is 81.1 Å². The minimum Gasteiger partial charge on any atom is -0.475 e. The fourth-order valence-corrected chi connectivity index (χ4v) is 10.1. The Labute approximate surface area is 424 Å². The molecule has 3 aromatic rings. The van der Waals surface area contributed by atoms with Crippen molar-refractivity contribution in [2.75, 3.05) is 26.2 Å². The molecule has 4 aliphatic rings. The van der Waals surface area contributed by atoms with Gasteiger partial charge in [0.15, 0.2) is 11.6 Å². The molecule has 0 radical (unpaired) electrons. The van der Waals surface area contributed by atoms with Crippen molar-refractivity contribution in [1.29, 1.82) is 0 Å². The molecule has 2 aromatic carbocycles. The number of imide groups is 1. The summed E-state index contributed by atoms with van der Waals surface area (Å²) in [5.41, 5.74) is 13.7. The van der Waals surface area contributed by atoms with Gasteiger partial charge in [-0.2, -0.15) is 13.2 Å². The van der Waals surface area contributed by atoms with Gasteiger partial charge >= 0.3 is 23.9 Å². The van der Waals surface area contributed by atoms with Crippen molar-refractivity contribution in [3.63, 3.8) is 0 Å². The summed E-state index contributed by atoms with van der Waals surface area (Å²) in [6.45, 7) is 0.514. The molecule has 9 N–H and O–H groups in total. The molecular weight excluding hydrogens is 1000 g/mol. The molecule has 0 aliphatic carbocycles. The number of aryl methyl sites for hydroxylation is 2. The number of hydrogen-bond acceptors (Lipinski definition) is 11. The van der Waals surface area contributed by atoms with E-state index in [9.17, 15) is 70.2 Å². The Morgan fingerprint density at radius 3 is 2.12 bits per heavy atom. The zero-order chi connectivity index (χ0) is 55.1. The number of carbonyl (C=O) groups is 9. The molecule has 8 amide bonds. The van der Waals surface area contributed by atoms with Gasteiger partial charge in [0, 0.05) is 58.5 Å². The minimum absolute atomic E-state index is 0.0937. The van der Waals surface area contributed by atoms with E-state index in [0.29, 0.717) is 49.8 Å². The monoisotopic (exact) mass is 1060 g/mol. The molecule has 5 heterocycles. The molecule has 1 aromatic heterocycles. The highest BCUT2D eigenvalue weighted by Crippen LogP contribution is 2.30. The summed E-state index contributed by atoms with van der Waals surface area (Å²) in [6.07, 6.45) is -2.28. The van der Waals surface area contributed by atoms with Crippen LogP contribution in [0.25, 0.3) is 11.0 Å². The molecule has 0 saturated carbocycles. The summed E-state index contributed by atoms with van der Waals surface area (Å²) in [6, 6.07) is 2.55. The first-order valence-electron chi connectivity index (χ1n) is 24.4. The number of rotatable bonds is 15. The van der Waals surface area contributed by atoms with Gasteiger partial charge in [-0.15, -0.1) is 0 Å². The predicted molar refractivity (Wildman–Crippen MR) is 253 cm³/mol. The van der Waals surface area contributed by atoms with Crippen LogP contribution in [0.4, 0.5) is 26.7 Å². The number of aliphatic carboxylic acids is 1. The number of likely N-dealkylation sites (tertiary alicyclic amines) is 1. The average Bonchev–Trinajstić information content (AvgIpc) is 3.88. The fourth-order valence-electron chi connectivity index (χ4n) is 10.1. The topological polar surface area (TPSA) is 319 Å². The molecule has 22 nitrogen and oxygen atoms in total. The number of fused-ring (bicyclic) bond motifs is 2. The van der Waals surface area contributed by atoms with Crippen molar-refractivity contribution in [2.24, 2.45) is 24.4 Å². The van der Waals surface area contributed by atoms with Crippen LogP contribution in [0.2, 0.25) is 0 Å². The van der Waals surface area contributed by atoms with Crippen LogP contribution in [0.15, 0.2) is 41.2 Å². The SMILES string of the molecule is Cn1c(=O)n(C2CCC(=O)NC2=O)c2ccc(CCCC3CCN(C(=O)C(Cc4ccc(F)c(F)c4)NC(=O)C(CCC(N)=O)NC(=O)[C@@H]4CC[C@@H]5CCN(C(=O)O)C[C@H](N)C(=O)N54)CC3)cc21.O=C(O)C(F)(F)F. The van der Waals surface area contributed by atoms with Gasteiger partial charge in [0.05, 0.1) is 11.0 Å². The van der Waals surface area contributed by atoms with E-state index in [0.717, 1.165) is 35.4 Å². The average molecular weight is 1060 g/mol. The van der Waals surface area contributed by atoms with Crippen LogP contribution >= 0.6 is 0 Å². The first kappa shape index (κ1) is 56.8. The Balaban J connectivity index is 0.00000122. The van der Waals surface area contributed by atoms with E-state index in [4.69, 9.17) is 21.4 Å². The third-order valence-electron chi connectivity index (χ3n) is 14.1. The lowest BCUT2D eigenvalue weighted by Crippen LogP contribution is -2.61. The minimum atomic E-state index is -5.08. The number of nitrogens with two attached hydrogens (primary N) is 2. The maximum Gasteiger partial charge on any atom is 0.490 e. The zero-order valence-electron chi connectivity index (χ0n) is 40.8. The fraction of sp³-hybridized carbons (Fsp3) is 0.542. The summed E-state index contributed by atoms with van der Waals surface area (Å²) in [7, 11) is 1.64. The number of nitrogens with zero attached hydrogens (tertiary/aromatic N) is 5. The van der Waals surface area contributed by atoms with Crippen molar-refractivity contribution in [3.05, 3.63) is 69.6 Å². The van der Waals surface area contributed by atoms with E-state index in [1.54, 1.807) is 11.9 Å². The summed E-state index contributed by atoms with van der Waals surface area (Å²) >= 11 is 0. The Kier molecular flexibility index (Phi) is 18.4.